The van der Waals surface area contributed by atoms with Crippen LogP contribution in [0.5, 0.6) is 5.75 Å². The summed E-state index contributed by atoms with van der Waals surface area (Å²) in [7, 11) is 0. The van der Waals surface area contributed by atoms with Gasteiger partial charge in [-0.3, -0.25) is 24.6 Å². The lowest BCUT2D eigenvalue weighted by molar-refractivity contribution is -0.384. The predicted molar refractivity (Wildman–Crippen MR) is 89.2 cm³/mol. The molecular weight excluding hydrogens is 326 g/mol. The molecule has 0 aromatic heterocycles. The number of nitrogens with one attached hydrogen (secondary N) is 1. The molecule has 0 aliphatic carbocycles. The summed E-state index contributed by atoms with van der Waals surface area (Å²) in [5, 5.41) is 13.7. The molecule has 0 atom stereocenters. The summed E-state index contributed by atoms with van der Waals surface area (Å²) in [5.74, 6) is -0.458. The maximum atomic E-state index is 12.2. The maximum absolute atomic E-state index is 12.2. The minimum absolute atomic E-state index is 0.174. The molecule has 2 aromatic rings. The Morgan fingerprint density at radius 2 is 2.00 bits per heavy atom. The van der Waals surface area contributed by atoms with Crippen molar-refractivity contribution in [2.24, 2.45) is 0 Å². The van der Waals surface area contributed by atoms with Gasteiger partial charge < -0.3 is 10.1 Å². The fourth-order valence-corrected chi connectivity index (χ4v) is 2.47. The van der Waals surface area contributed by atoms with Crippen LogP contribution < -0.4 is 15.0 Å². The van der Waals surface area contributed by atoms with Crippen molar-refractivity contribution in [3.05, 3.63) is 64.2 Å². The number of nitro benzene ring substituents is 1. The van der Waals surface area contributed by atoms with E-state index in [4.69, 9.17) is 4.74 Å². The normalized spacial score (nSPS) is 13.0. The van der Waals surface area contributed by atoms with Crippen LogP contribution in [0.2, 0.25) is 0 Å². The number of carbonyl (C=O) groups is 2. The Bertz CT molecular complexity index is 822. The molecule has 1 N–H and O–H groups in total. The number of rotatable bonds is 5. The minimum atomic E-state index is -0.562. The quantitative estimate of drug-likeness (QED) is 0.658. The molecule has 2 amide bonds. The van der Waals surface area contributed by atoms with Gasteiger partial charge in [0.05, 0.1) is 10.6 Å². The van der Waals surface area contributed by atoms with Crippen molar-refractivity contribution < 1.29 is 19.2 Å². The first-order valence-corrected chi connectivity index (χ1v) is 7.57. The van der Waals surface area contributed by atoms with E-state index in [9.17, 15) is 19.7 Å². The maximum Gasteiger partial charge on any atom is 0.271 e. The second-order valence-corrected chi connectivity index (χ2v) is 5.44. The number of nitrogens with zero attached hydrogens (tertiary/aromatic N) is 2. The Kier molecular flexibility index (Phi) is 4.60. The Balaban J connectivity index is 1.73. The van der Waals surface area contributed by atoms with Crippen molar-refractivity contribution in [2.45, 2.75) is 6.54 Å². The molecule has 0 fully saturated rings. The van der Waals surface area contributed by atoms with Gasteiger partial charge in [-0.05, 0) is 11.6 Å². The van der Waals surface area contributed by atoms with E-state index in [1.165, 1.54) is 23.1 Å². The minimum Gasteiger partial charge on any atom is -0.482 e. The second kappa shape index (κ2) is 7.00. The van der Waals surface area contributed by atoms with Crippen LogP contribution in [0.1, 0.15) is 5.56 Å². The SMILES string of the molecule is O=C(CN1C(=O)COc2ccc([N+](=O)[O-])cc21)NCc1ccccc1. The molecule has 1 heterocycles. The molecule has 8 heteroatoms. The first kappa shape index (κ1) is 16.4. The second-order valence-electron chi connectivity index (χ2n) is 5.44. The number of amides is 2. The summed E-state index contributed by atoms with van der Waals surface area (Å²) >= 11 is 0. The summed E-state index contributed by atoms with van der Waals surface area (Å²) in [6.45, 7) is -0.111. The lowest BCUT2D eigenvalue weighted by Gasteiger charge is -2.28. The van der Waals surface area contributed by atoms with Gasteiger partial charge in [0.25, 0.3) is 11.6 Å². The van der Waals surface area contributed by atoms with Gasteiger partial charge in [0.2, 0.25) is 5.91 Å². The molecule has 3 rings (SSSR count). The molecule has 2 aromatic carbocycles. The zero-order chi connectivity index (χ0) is 17.8. The average Bonchev–Trinajstić information content (AvgIpc) is 2.63. The number of hydrogen-bond acceptors (Lipinski definition) is 5. The fraction of sp³-hybridized carbons (Fsp3) is 0.176. The zero-order valence-corrected chi connectivity index (χ0v) is 13.2. The lowest BCUT2D eigenvalue weighted by Crippen LogP contribution is -2.45. The number of ether oxygens (including phenoxy) is 1. The van der Waals surface area contributed by atoms with Crippen LogP contribution >= 0.6 is 0 Å². The summed E-state index contributed by atoms with van der Waals surface area (Å²) in [6, 6.07) is 13.3. The molecule has 1 aliphatic rings. The molecule has 1 aliphatic heterocycles. The Labute approximate surface area is 143 Å². The van der Waals surface area contributed by atoms with Gasteiger partial charge in [0, 0.05) is 18.7 Å². The molecule has 0 spiro atoms. The van der Waals surface area contributed by atoms with Crippen molar-refractivity contribution in [3.63, 3.8) is 0 Å². The van der Waals surface area contributed by atoms with E-state index >= 15 is 0 Å². The number of nitro groups is 1. The highest BCUT2D eigenvalue weighted by atomic mass is 16.6. The van der Waals surface area contributed by atoms with Gasteiger partial charge in [-0.25, -0.2) is 0 Å². The Hall–Kier alpha value is -3.42. The van der Waals surface area contributed by atoms with Gasteiger partial charge in [0.1, 0.15) is 12.3 Å². The first-order valence-electron chi connectivity index (χ1n) is 7.57. The number of benzene rings is 2. The van der Waals surface area contributed by atoms with Crippen LogP contribution in [-0.2, 0) is 16.1 Å². The van der Waals surface area contributed by atoms with E-state index in [1.807, 2.05) is 30.3 Å². The van der Waals surface area contributed by atoms with Crippen molar-refractivity contribution in [1.82, 2.24) is 5.32 Å². The molecule has 0 bridgehead atoms. The van der Waals surface area contributed by atoms with Crippen molar-refractivity contribution in [2.75, 3.05) is 18.1 Å². The third-order valence-corrected chi connectivity index (χ3v) is 3.73. The highest BCUT2D eigenvalue weighted by Gasteiger charge is 2.29. The topological polar surface area (TPSA) is 102 Å². The van der Waals surface area contributed by atoms with E-state index in [-0.39, 0.29) is 30.4 Å². The molecule has 128 valence electrons. The summed E-state index contributed by atoms with van der Waals surface area (Å²) in [5.41, 5.74) is 0.979. The standard InChI is InChI=1S/C17H15N3O5/c21-16(18-9-12-4-2-1-3-5-12)10-19-14-8-13(20(23)24)6-7-15(14)25-11-17(19)22/h1-8H,9-11H2,(H,18,21). The Morgan fingerprint density at radius 3 is 2.72 bits per heavy atom. The van der Waals surface area contributed by atoms with Gasteiger partial charge in [-0.2, -0.15) is 0 Å². The van der Waals surface area contributed by atoms with Crippen molar-refractivity contribution >= 4 is 23.2 Å². The molecule has 8 nitrogen and oxygen atoms in total. The van der Waals surface area contributed by atoms with Gasteiger partial charge in [-0.1, -0.05) is 30.3 Å². The molecular formula is C17H15N3O5. The third-order valence-electron chi connectivity index (χ3n) is 3.73. The summed E-state index contributed by atoms with van der Waals surface area (Å²) < 4.78 is 5.27. The lowest BCUT2D eigenvalue weighted by atomic mass is 10.2. The molecule has 0 unspecified atom stereocenters. The first-order chi connectivity index (χ1) is 12.0. The number of hydrogen-bond donors (Lipinski definition) is 1. The summed E-state index contributed by atoms with van der Waals surface area (Å²) in [6.07, 6.45) is 0. The smallest absolute Gasteiger partial charge is 0.271 e. The number of anilines is 1. The fourth-order valence-electron chi connectivity index (χ4n) is 2.47. The zero-order valence-electron chi connectivity index (χ0n) is 13.2. The number of carbonyl (C=O) groups excluding carboxylic acids is 2. The molecule has 25 heavy (non-hydrogen) atoms. The van der Waals surface area contributed by atoms with Crippen LogP contribution in [-0.4, -0.2) is 29.9 Å². The van der Waals surface area contributed by atoms with E-state index in [0.717, 1.165) is 5.56 Å². The summed E-state index contributed by atoms with van der Waals surface area (Å²) in [4.78, 5) is 35.9. The van der Waals surface area contributed by atoms with Gasteiger partial charge >= 0.3 is 0 Å². The van der Waals surface area contributed by atoms with Crippen LogP contribution in [0.25, 0.3) is 0 Å². The van der Waals surface area contributed by atoms with Crippen LogP contribution in [0.3, 0.4) is 0 Å². The average molecular weight is 341 g/mol. The highest BCUT2D eigenvalue weighted by molar-refractivity contribution is 6.02. The van der Waals surface area contributed by atoms with Gasteiger partial charge in [-0.15, -0.1) is 0 Å². The molecule has 0 radical (unpaired) electrons. The monoisotopic (exact) mass is 341 g/mol. The third kappa shape index (κ3) is 3.74. The largest absolute Gasteiger partial charge is 0.482 e. The van der Waals surface area contributed by atoms with Gasteiger partial charge in [0.15, 0.2) is 6.61 Å². The van der Waals surface area contributed by atoms with Crippen LogP contribution in [0.15, 0.2) is 48.5 Å². The number of fused-ring (bicyclic) bond motifs is 1. The Morgan fingerprint density at radius 1 is 1.24 bits per heavy atom. The van der Waals surface area contributed by atoms with Crippen LogP contribution in [0, 0.1) is 10.1 Å². The van der Waals surface area contributed by atoms with Crippen LogP contribution in [0.4, 0.5) is 11.4 Å². The van der Waals surface area contributed by atoms with Crippen molar-refractivity contribution in [1.29, 1.82) is 0 Å². The highest BCUT2D eigenvalue weighted by Crippen LogP contribution is 2.35. The van der Waals surface area contributed by atoms with E-state index in [0.29, 0.717) is 12.3 Å². The molecule has 0 saturated carbocycles. The van der Waals surface area contributed by atoms with E-state index in [1.54, 1.807) is 0 Å². The number of non-ortho nitro benzene ring substituents is 1. The molecule has 0 saturated heterocycles. The predicted octanol–water partition coefficient (Wildman–Crippen LogP) is 1.64. The van der Waals surface area contributed by atoms with Crippen molar-refractivity contribution in [3.8, 4) is 5.75 Å². The van der Waals surface area contributed by atoms with E-state index < -0.39 is 10.8 Å². The van der Waals surface area contributed by atoms with E-state index in [2.05, 4.69) is 5.32 Å².